The Morgan fingerprint density at radius 3 is 2.63 bits per heavy atom. The van der Waals surface area contributed by atoms with Gasteiger partial charge in [0.2, 0.25) is 5.69 Å². The number of nitrogens with zero attached hydrogens (tertiary/aromatic N) is 2. The van der Waals surface area contributed by atoms with Crippen LogP contribution in [0.5, 0.6) is 0 Å². The number of aromatic nitrogens is 2. The summed E-state index contributed by atoms with van der Waals surface area (Å²) >= 11 is 0. The van der Waals surface area contributed by atoms with Crippen molar-refractivity contribution in [2.75, 3.05) is 0 Å². The van der Waals surface area contributed by atoms with Gasteiger partial charge in [0.05, 0.1) is 11.3 Å². The predicted molar refractivity (Wildman–Crippen MR) is 110 cm³/mol. The quantitative estimate of drug-likeness (QED) is 0.438. The van der Waals surface area contributed by atoms with Gasteiger partial charge in [-0.15, -0.1) is 0 Å². The summed E-state index contributed by atoms with van der Waals surface area (Å²) in [5.74, 6) is -0.420. The van der Waals surface area contributed by atoms with Crippen molar-refractivity contribution in [1.29, 1.82) is 0 Å². The van der Waals surface area contributed by atoms with Crippen LogP contribution in [0, 0.1) is 13.8 Å². The Hall–Kier alpha value is -2.48. The van der Waals surface area contributed by atoms with Gasteiger partial charge in [-0.05, 0) is 60.9 Å². The van der Waals surface area contributed by atoms with Crippen molar-refractivity contribution in [3.63, 3.8) is 0 Å². The fourth-order valence-corrected chi connectivity index (χ4v) is 4.84. The van der Waals surface area contributed by atoms with E-state index in [9.17, 15) is 0 Å². The Morgan fingerprint density at radius 2 is 1.81 bits per heavy atom. The highest BCUT2D eigenvalue weighted by Gasteiger charge is 2.28. The molecule has 0 amide bonds. The molecule has 0 aliphatic heterocycles. The summed E-state index contributed by atoms with van der Waals surface area (Å²) in [6.07, 6.45) is 7.31. The highest BCUT2D eigenvalue weighted by molar-refractivity contribution is 5.84. The van der Waals surface area contributed by atoms with Crippen LogP contribution in [-0.2, 0) is 13.5 Å². The number of fused-ring (bicyclic) bond motifs is 3. The lowest BCUT2D eigenvalue weighted by Gasteiger charge is -2.14. The zero-order valence-corrected chi connectivity index (χ0v) is 16.5. The smallest absolute Gasteiger partial charge is 0.213 e. The molecule has 0 spiro atoms. The van der Waals surface area contributed by atoms with Crippen molar-refractivity contribution in [3.05, 3.63) is 70.7 Å². The van der Waals surface area contributed by atoms with E-state index in [-0.39, 0.29) is 0 Å². The van der Waals surface area contributed by atoms with Crippen LogP contribution in [0.4, 0.5) is 0 Å². The SMILES string of the molecule is [2H]C1(c2cc[n+](C)c(-c3c(C)ccc4c3Cc3nc(C)ccc3-4)c2)CCCC1. The summed E-state index contributed by atoms with van der Waals surface area (Å²) in [7, 11) is 2.12. The van der Waals surface area contributed by atoms with Crippen molar-refractivity contribution < 1.29 is 5.94 Å². The summed E-state index contributed by atoms with van der Waals surface area (Å²) < 4.78 is 11.2. The van der Waals surface area contributed by atoms with Crippen molar-refractivity contribution in [2.24, 2.45) is 7.05 Å². The monoisotopic (exact) mass is 356 g/mol. The first-order valence-corrected chi connectivity index (χ1v) is 10.1. The minimum Gasteiger partial charge on any atom is -0.257 e. The number of hydrogen-bond acceptors (Lipinski definition) is 1. The van der Waals surface area contributed by atoms with E-state index in [2.05, 4.69) is 68.1 Å². The molecule has 5 rings (SSSR count). The molecule has 0 N–H and O–H groups in total. The lowest BCUT2D eigenvalue weighted by Crippen LogP contribution is -2.31. The van der Waals surface area contributed by atoms with Gasteiger partial charge in [-0.1, -0.05) is 31.0 Å². The van der Waals surface area contributed by atoms with Gasteiger partial charge < -0.3 is 0 Å². The molecule has 0 atom stereocenters. The van der Waals surface area contributed by atoms with Gasteiger partial charge >= 0.3 is 0 Å². The maximum Gasteiger partial charge on any atom is 0.213 e. The first-order valence-electron chi connectivity index (χ1n) is 10.6. The van der Waals surface area contributed by atoms with E-state index in [1.807, 2.05) is 0 Å². The Bertz CT molecular complexity index is 1090. The summed E-state index contributed by atoms with van der Waals surface area (Å²) in [6.45, 7) is 4.27. The average molecular weight is 357 g/mol. The molecule has 136 valence electrons. The summed E-state index contributed by atoms with van der Waals surface area (Å²) in [5, 5.41) is 0. The normalized spacial score (nSPS) is 17.5. The molecule has 1 saturated carbocycles. The Balaban J connectivity index is 1.70. The van der Waals surface area contributed by atoms with E-state index in [1.54, 1.807) is 0 Å². The maximum atomic E-state index is 8.97. The molecule has 1 aromatic carbocycles. The van der Waals surface area contributed by atoms with Crippen LogP contribution in [0.15, 0.2) is 42.6 Å². The third-order valence-electron chi connectivity index (χ3n) is 6.29. The zero-order chi connectivity index (χ0) is 19.5. The first kappa shape index (κ1) is 15.6. The van der Waals surface area contributed by atoms with Crippen LogP contribution in [0.3, 0.4) is 0 Å². The molecule has 2 nitrogen and oxygen atoms in total. The van der Waals surface area contributed by atoms with Crippen molar-refractivity contribution >= 4 is 0 Å². The minimum absolute atomic E-state index is 0.420. The molecular weight excluding hydrogens is 328 g/mol. The van der Waals surface area contributed by atoms with E-state index in [1.165, 1.54) is 57.6 Å². The largest absolute Gasteiger partial charge is 0.257 e. The van der Waals surface area contributed by atoms with Crippen molar-refractivity contribution in [2.45, 2.75) is 51.8 Å². The van der Waals surface area contributed by atoms with E-state index >= 15 is 0 Å². The second kappa shape index (κ2) is 6.30. The molecule has 0 bridgehead atoms. The number of hydrogen-bond donors (Lipinski definition) is 0. The number of pyridine rings is 2. The summed E-state index contributed by atoms with van der Waals surface area (Å²) in [5.41, 5.74) is 11.2. The van der Waals surface area contributed by atoms with Gasteiger partial charge in [-0.2, -0.15) is 0 Å². The lowest BCUT2D eigenvalue weighted by molar-refractivity contribution is -0.660. The van der Waals surface area contributed by atoms with E-state index < -0.39 is 5.89 Å². The minimum atomic E-state index is -0.420. The highest BCUT2D eigenvalue weighted by atomic mass is 14.9. The maximum absolute atomic E-state index is 8.97. The fraction of sp³-hybridized carbons (Fsp3) is 0.360. The van der Waals surface area contributed by atoms with Crippen molar-refractivity contribution in [1.82, 2.24) is 4.98 Å². The van der Waals surface area contributed by atoms with Gasteiger partial charge in [0.15, 0.2) is 6.20 Å². The van der Waals surface area contributed by atoms with Gasteiger partial charge in [0.1, 0.15) is 7.05 Å². The average Bonchev–Trinajstić information content (AvgIpc) is 3.26. The molecule has 0 unspecified atom stereocenters. The van der Waals surface area contributed by atoms with Gasteiger partial charge in [-0.25, -0.2) is 4.57 Å². The predicted octanol–water partition coefficient (Wildman–Crippen LogP) is 5.42. The van der Waals surface area contributed by atoms with Crippen LogP contribution in [0.25, 0.3) is 22.4 Å². The van der Waals surface area contributed by atoms with E-state index in [0.29, 0.717) is 0 Å². The molecule has 2 aliphatic rings. The van der Waals surface area contributed by atoms with E-state index in [0.717, 1.165) is 25.0 Å². The molecular formula is C25H27N2+. The molecule has 0 saturated heterocycles. The van der Waals surface area contributed by atoms with Gasteiger partial charge in [0.25, 0.3) is 0 Å². The molecule has 3 aromatic rings. The number of benzene rings is 1. The number of aryl methyl sites for hydroxylation is 3. The Morgan fingerprint density at radius 1 is 1.04 bits per heavy atom. The molecule has 1 fully saturated rings. The standard InChI is InChI=1S/C25H27N2/c1-16-8-10-20-21-11-9-17(2)26-23(21)15-22(20)25(16)24-14-19(12-13-27(24)3)18-6-4-5-7-18/h8-14,18H,4-7,15H2,1-3H3/q+1/i18D. The third kappa shape index (κ3) is 2.70. The van der Waals surface area contributed by atoms with Crippen LogP contribution >= 0.6 is 0 Å². The topological polar surface area (TPSA) is 16.8 Å². The third-order valence-corrected chi connectivity index (χ3v) is 6.29. The molecule has 27 heavy (non-hydrogen) atoms. The second-order valence-electron chi connectivity index (χ2n) is 8.13. The summed E-state index contributed by atoms with van der Waals surface area (Å²) in [4.78, 5) is 4.81. The van der Waals surface area contributed by atoms with Crippen molar-refractivity contribution in [3.8, 4) is 22.4 Å². The zero-order valence-electron chi connectivity index (χ0n) is 17.5. The van der Waals surface area contributed by atoms with Crippen LogP contribution in [0.2, 0.25) is 0 Å². The van der Waals surface area contributed by atoms with Crippen LogP contribution < -0.4 is 4.57 Å². The second-order valence-corrected chi connectivity index (χ2v) is 8.13. The highest BCUT2D eigenvalue weighted by Crippen LogP contribution is 2.42. The van der Waals surface area contributed by atoms with E-state index in [4.69, 9.17) is 6.35 Å². The first-order chi connectivity index (χ1) is 13.5. The Kier molecular flexibility index (Phi) is 3.63. The number of rotatable bonds is 2. The lowest BCUT2D eigenvalue weighted by atomic mass is 9.91. The fourth-order valence-electron chi connectivity index (χ4n) is 4.84. The molecule has 2 aromatic heterocycles. The molecule has 2 heterocycles. The van der Waals surface area contributed by atoms with Gasteiger partial charge in [-0.3, -0.25) is 4.98 Å². The van der Waals surface area contributed by atoms with Gasteiger partial charge in [0, 0.05) is 31.2 Å². The molecule has 2 aliphatic carbocycles. The Labute approximate surface area is 163 Å². The van der Waals surface area contributed by atoms with Crippen LogP contribution in [-0.4, -0.2) is 4.98 Å². The molecule has 2 heteroatoms. The van der Waals surface area contributed by atoms with Crippen LogP contribution in [0.1, 0.15) is 61.0 Å². The summed E-state index contributed by atoms with van der Waals surface area (Å²) in [6, 6.07) is 13.3. The molecule has 0 radical (unpaired) electrons.